The second-order valence-electron chi connectivity index (χ2n) is 5.53. The van der Waals surface area contributed by atoms with Crippen LogP contribution in [0.4, 0.5) is 0 Å². The number of carboxylic acids is 1. The molecular weight excluding hydrogens is 242 g/mol. The highest BCUT2D eigenvalue weighted by atomic mass is 16.5. The summed E-state index contributed by atoms with van der Waals surface area (Å²) < 4.78 is 5.51. The molecule has 3 rings (SSSR count). The average Bonchev–Trinajstić information content (AvgIpc) is 2.97. The molecule has 0 aromatic heterocycles. The Balaban J connectivity index is 1.59. The molecule has 0 saturated carbocycles. The van der Waals surface area contributed by atoms with Crippen LogP contribution in [0.15, 0.2) is 18.2 Å². The molecule has 4 heteroatoms. The molecule has 1 N–H and O–H groups in total. The third-order valence-corrected chi connectivity index (χ3v) is 3.99. The van der Waals surface area contributed by atoms with Gasteiger partial charge in [-0.05, 0) is 36.1 Å². The number of fused-ring (bicyclic) bond motifs is 1. The van der Waals surface area contributed by atoms with Crippen molar-refractivity contribution in [3.8, 4) is 5.75 Å². The first-order valence-corrected chi connectivity index (χ1v) is 6.89. The molecule has 102 valence electrons. The molecule has 1 saturated heterocycles. The molecule has 0 spiro atoms. The number of carboxylic acid groups (broad SMARTS) is 1. The maximum Gasteiger partial charge on any atom is 0.303 e. The highest BCUT2D eigenvalue weighted by Gasteiger charge is 2.24. The minimum Gasteiger partial charge on any atom is -0.493 e. The van der Waals surface area contributed by atoms with Crippen molar-refractivity contribution in [2.75, 3.05) is 19.7 Å². The van der Waals surface area contributed by atoms with Gasteiger partial charge in [-0.25, -0.2) is 0 Å². The van der Waals surface area contributed by atoms with Crippen molar-refractivity contribution >= 4 is 5.97 Å². The first kappa shape index (κ1) is 12.5. The minimum atomic E-state index is -0.679. The van der Waals surface area contributed by atoms with E-state index >= 15 is 0 Å². The predicted molar refractivity (Wildman–Crippen MR) is 71.3 cm³/mol. The van der Waals surface area contributed by atoms with Crippen LogP contribution in [0.25, 0.3) is 0 Å². The summed E-state index contributed by atoms with van der Waals surface area (Å²) in [6.45, 7) is 3.62. The number of rotatable bonds is 4. The Labute approximate surface area is 113 Å². The van der Waals surface area contributed by atoms with Crippen LogP contribution in [0.2, 0.25) is 0 Å². The predicted octanol–water partition coefficient (Wildman–Crippen LogP) is 1.92. The van der Waals surface area contributed by atoms with Gasteiger partial charge in [0.05, 0.1) is 6.61 Å². The third-order valence-electron chi connectivity index (χ3n) is 3.99. The molecule has 4 nitrogen and oxygen atoms in total. The normalized spacial score (nSPS) is 22.2. The summed E-state index contributed by atoms with van der Waals surface area (Å²) in [6.07, 6.45) is 2.31. The van der Waals surface area contributed by atoms with E-state index in [0.717, 1.165) is 44.8 Å². The largest absolute Gasteiger partial charge is 0.493 e. The van der Waals surface area contributed by atoms with Gasteiger partial charge in [-0.15, -0.1) is 0 Å². The SMILES string of the molecule is O=C(O)CC1CCN(Cc2ccc3c(c2)CCO3)C1. The van der Waals surface area contributed by atoms with Crippen LogP contribution in [0.5, 0.6) is 5.75 Å². The number of ether oxygens (including phenoxy) is 1. The van der Waals surface area contributed by atoms with E-state index in [-0.39, 0.29) is 0 Å². The van der Waals surface area contributed by atoms with Gasteiger partial charge in [-0.2, -0.15) is 0 Å². The van der Waals surface area contributed by atoms with Crippen LogP contribution in [0.1, 0.15) is 24.0 Å². The molecule has 2 aliphatic heterocycles. The first-order valence-electron chi connectivity index (χ1n) is 6.89. The lowest BCUT2D eigenvalue weighted by Gasteiger charge is -2.16. The van der Waals surface area contributed by atoms with Gasteiger partial charge in [0.1, 0.15) is 5.75 Å². The topological polar surface area (TPSA) is 49.8 Å². The summed E-state index contributed by atoms with van der Waals surface area (Å²) in [5.41, 5.74) is 2.61. The van der Waals surface area contributed by atoms with Crippen LogP contribution < -0.4 is 4.74 Å². The highest BCUT2D eigenvalue weighted by molar-refractivity contribution is 5.67. The Morgan fingerprint density at radius 2 is 2.37 bits per heavy atom. The van der Waals surface area contributed by atoms with Crippen molar-refractivity contribution in [1.82, 2.24) is 4.90 Å². The second kappa shape index (κ2) is 5.21. The summed E-state index contributed by atoms with van der Waals surface area (Å²) in [7, 11) is 0. The molecule has 1 atom stereocenters. The summed E-state index contributed by atoms with van der Waals surface area (Å²) >= 11 is 0. The van der Waals surface area contributed by atoms with Gasteiger partial charge in [0.15, 0.2) is 0 Å². The van der Waals surface area contributed by atoms with Crippen molar-refractivity contribution in [3.63, 3.8) is 0 Å². The quantitative estimate of drug-likeness (QED) is 0.899. The lowest BCUT2D eigenvalue weighted by Crippen LogP contribution is -2.20. The van der Waals surface area contributed by atoms with Crippen molar-refractivity contribution in [2.24, 2.45) is 5.92 Å². The first-order chi connectivity index (χ1) is 9.20. The van der Waals surface area contributed by atoms with E-state index in [0.29, 0.717) is 12.3 Å². The monoisotopic (exact) mass is 261 g/mol. The van der Waals surface area contributed by atoms with E-state index in [2.05, 4.69) is 23.1 Å². The van der Waals surface area contributed by atoms with Gasteiger partial charge < -0.3 is 9.84 Å². The number of nitrogens with zero attached hydrogens (tertiary/aromatic N) is 1. The standard InChI is InChI=1S/C15H19NO3/c17-15(18)8-12-3-5-16(10-12)9-11-1-2-14-13(7-11)4-6-19-14/h1-2,7,12H,3-6,8-10H2,(H,17,18). The van der Waals surface area contributed by atoms with Gasteiger partial charge in [-0.3, -0.25) is 9.69 Å². The second-order valence-corrected chi connectivity index (χ2v) is 5.53. The zero-order valence-electron chi connectivity index (χ0n) is 11.0. The molecule has 0 aliphatic carbocycles. The fourth-order valence-electron chi connectivity index (χ4n) is 3.07. The van der Waals surface area contributed by atoms with Crippen LogP contribution in [-0.4, -0.2) is 35.7 Å². The van der Waals surface area contributed by atoms with E-state index in [1.165, 1.54) is 11.1 Å². The van der Waals surface area contributed by atoms with Crippen LogP contribution >= 0.6 is 0 Å². The summed E-state index contributed by atoms with van der Waals surface area (Å²) in [6, 6.07) is 6.41. The van der Waals surface area contributed by atoms with Crippen molar-refractivity contribution in [3.05, 3.63) is 29.3 Å². The number of carbonyl (C=O) groups is 1. The Morgan fingerprint density at radius 1 is 1.47 bits per heavy atom. The van der Waals surface area contributed by atoms with E-state index in [1.54, 1.807) is 0 Å². The molecular formula is C15H19NO3. The highest BCUT2D eigenvalue weighted by Crippen LogP contribution is 2.27. The third kappa shape index (κ3) is 2.89. The van der Waals surface area contributed by atoms with Gasteiger partial charge in [0, 0.05) is 25.9 Å². The van der Waals surface area contributed by atoms with E-state index in [9.17, 15) is 4.79 Å². The summed E-state index contributed by atoms with van der Waals surface area (Å²) in [4.78, 5) is 13.1. The zero-order valence-corrected chi connectivity index (χ0v) is 11.0. The van der Waals surface area contributed by atoms with Gasteiger partial charge in [0.25, 0.3) is 0 Å². The van der Waals surface area contributed by atoms with Gasteiger partial charge in [-0.1, -0.05) is 12.1 Å². The molecule has 19 heavy (non-hydrogen) atoms. The minimum absolute atomic E-state index is 0.300. The molecule has 0 amide bonds. The number of aliphatic carboxylic acids is 1. The fraction of sp³-hybridized carbons (Fsp3) is 0.533. The van der Waals surface area contributed by atoms with Gasteiger partial charge in [0.2, 0.25) is 0 Å². The number of benzene rings is 1. The molecule has 1 fully saturated rings. The average molecular weight is 261 g/mol. The van der Waals surface area contributed by atoms with Crippen LogP contribution in [0, 0.1) is 5.92 Å². The number of hydrogen-bond donors (Lipinski definition) is 1. The van der Waals surface area contributed by atoms with Crippen molar-refractivity contribution in [2.45, 2.75) is 25.8 Å². The maximum atomic E-state index is 10.7. The molecule has 0 radical (unpaired) electrons. The Bertz CT molecular complexity index is 486. The number of hydrogen-bond acceptors (Lipinski definition) is 3. The van der Waals surface area contributed by atoms with Gasteiger partial charge >= 0.3 is 5.97 Å². The zero-order chi connectivity index (χ0) is 13.2. The van der Waals surface area contributed by atoms with Crippen molar-refractivity contribution < 1.29 is 14.6 Å². The lowest BCUT2D eigenvalue weighted by atomic mass is 10.1. The Hall–Kier alpha value is -1.55. The van der Waals surface area contributed by atoms with Crippen LogP contribution in [-0.2, 0) is 17.8 Å². The van der Waals surface area contributed by atoms with E-state index in [1.807, 2.05) is 0 Å². The lowest BCUT2D eigenvalue weighted by molar-refractivity contribution is -0.138. The number of likely N-dealkylation sites (tertiary alicyclic amines) is 1. The van der Waals surface area contributed by atoms with E-state index < -0.39 is 5.97 Å². The summed E-state index contributed by atoms with van der Waals surface area (Å²) in [5, 5.41) is 8.82. The molecule has 1 unspecified atom stereocenters. The molecule has 2 aliphatic rings. The Kier molecular flexibility index (Phi) is 3.42. The van der Waals surface area contributed by atoms with E-state index in [4.69, 9.17) is 9.84 Å². The molecule has 0 bridgehead atoms. The smallest absolute Gasteiger partial charge is 0.303 e. The molecule has 1 aromatic rings. The van der Waals surface area contributed by atoms with Crippen molar-refractivity contribution in [1.29, 1.82) is 0 Å². The Morgan fingerprint density at radius 3 is 3.21 bits per heavy atom. The fourth-order valence-corrected chi connectivity index (χ4v) is 3.07. The summed E-state index contributed by atoms with van der Waals surface area (Å²) in [5.74, 6) is 0.658. The van der Waals surface area contributed by atoms with Crippen LogP contribution in [0.3, 0.4) is 0 Å². The maximum absolute atomic E-state index is 10.7. The molecule has 1 aromatic carbocycles. The molecule has 2 heterocycles.